The van der Waals surface area contributed by atoms with E-state index in [1.807, 2.05) is 18.2 Å². The number of halogens is 3. The highest BCUT2D eigenvalue weighted by molar-refractivity contribution is 6.36. The summed E-state index contributed by atoms with van der Waals surface area (Å²) in [6.45, 7) is 3.53. The maximum atomic E-state index is 13.9. The molecule has 166 valence electrons. The third kappa shape index (κ3) is 3.76. The first-order chi connectivity index (χ1) is 15.3. The van der Waals surface area contributed by atoms with Crippen LogP contribution in [0.2, 0.25) is 10.0 Å². The van der Waals surface area contributed by atoms with Gasteiger partial charge in [0, 0.05) is 35.4 Å². The molecule has 1 atom stereocenters. The fourth-order valence-corrected chi connectivity index (χ4v) is 4.90. The molecule has 0 bridgehead atoms. The first-order valence-corrected chi connectivity index (χ1v) is 11.2. The summed E-state index contributed by atoms with van der Waals surface area (Å²) in [5.41, 5.74) is 9.39. The molecule has 1 spiro atoms. The lowest BCUT2D eigenvalue weighted by Crippen LogP contribution is -2.64. The Morgan fingerprint density at radius 1 is 1.19 bits per heavy atom. The molecule has 2 aromatic carbocycles. The van der Waals surface area contributed by atoms with Crippen molar-refractivity contribution in [3.63, 3.8) is 0 Å². The van der Waals surface area contributed by atoms with Crippen molar-refractivity contribution in [1.82, 2.24) is 10.3 Å². The summed E-state index contributed by atoms with van der Waals surface area (Å²) in [6.07, 6.45) is 3.04. The minimum atomic E-state index is -0.630. The number of ether oxygens (including phenoxy) is 2. The van der Waals surface area contributed by atoms with Gasteiger partial charge in [0.2, 0.25) is 0 Å². The summed E-state index contributed by atoms with van der Waals surface area (Å²) in [5.74, 6) is 0.979. The van der Waals surface area contributed by atoms with Crippen molar-refractivity contribution in [3.05, 3.63) is 69.6 Å². The molecule has 8 heteroatoms. The van der Waals surface area contributed by atoms with Crippen LogP contribution in [0.4, 0.5) is 10.2 Å². The predicted molar refractivity (Wildman–Crippen MR) is 124 cm³/mol. The number of hydrogen-bond donors (Lipinski definition) is 2. The Morgan fingerprint density at radius 3 is 2.75 bits per heavy atom. The maximum Gasteiger partial charge on any atom is 0.166 e. The highest BCUT2D eigenvalue weighted by Gasteiger charge is 2.41. The van der Waals surface area contributed by atoms with E-state index >= 15 is 0 Å². The van der Waals surface area contributed by atoms with E-state index in [4.69, 9.17) is 38.4 Å². The Balaban J connectivity index is 1.42. The molecule has 5 rings (SSSR count). The molecule has 32 heavy (non-hydrogen) atoms. The third-order valence-corrected chi connectivity index (χ3v) is 6.85. The van der Waals surface area contributed by atoms with Crippen LogP contribution in [0.25, 0.3) is 11.1 Å². The molecule has 5 nitrogen and oxygen atoms in total. The Kier molecular flexibility index (Phi) is 5.40. The molecule has 3 heterocycles. The number of aromatic nitrogens is 1. The fourth-order valence-electron chi connectivity index (χ4n) is 4.23. The highest BCUT2D eigenvalue weighted by atomic mass is 35.5. The summed E-state index contributed by atoms with van der Waals surface area (Å²) < 4.78 is 26.2. The number of rotatable bonds is 4. The largest absolute Gasteiger partial charge is 0.484 e. The van der Waals surface area contributed by atoms with Gasteiger partial charge in [-0.25, -0.2) is 9.37 Å². The number of nitrogens with zero attached hydrogens (tertiary/aromatic N) is 1. The van der Waals surface area contributed by atoms with Gasteiger partial charge in [0.1, 0.15) is 23.3 Å². The zero-order valence-corrected chi connectivity index (χ0v) is 18.9. The number of hydrogen-bond acceptors (Lipinski definition) is 5. The topological polar surface area (TPSA) is 69.4 Å². The van der Waals surface area contributed by atoms with E-state index in [1.165, 1.54) is 17.7 Å². The van der Waals surface area contributed by atoms with Gasteiger partial charge in [-0.3, -0.25) is 0 Å². The van der Waals surface area contributed by atoms with Crippen LogP contribution in [-0.2, 0) is 6.42 Å². The monoisotopic (exact) mass is 473 g/mol. The second-order valence-corrected chi connectivity index (χ2v) is 9.12. The first-order valence-electron chi connectivity index (χ1n) is 10.4. The van der Waals surface area contributed by atoms with Crippen LogP contribution in [0.1, 0.15) is 30.6 Å². The Hall–Kier alpha value is -2.54. The number of nitrogens with two attached hydrogens (primary N) is 1. The molecule has 3 aromatic rings. The third-order valence-electron chi connectivity index (χ3n) is 6.14. The van der Waals surface area contributed by atoms with Crippen molar-refractivity contribution in [2.24, 2.45) is 0 Å². The molecule has 3 N–H and O–H groups in total. The van der Waals surface area contributed by atoms with Gasteiger partial charge >= 0.3 is 0 Å². The van der Waals surface area contributed by atoms with Crippen LogP contribution in [0.5, 0.6) is 11.5 Å². The fraction of sp³-hybridized carbons (Fsp3) is 0.292. The average molecular weight is 474 g/mol. The Morgan fingerprint density at radius 2 is 2.00 bits per heavy atom. The van der Waals surface area contributed by atoms with E-state index < -0.39 is 11.9 Å². The standard InChI is InChI=1S/C24H22Cl2FN3O2/c1-13(21-17(25)3-4-18(27)22(21)26)31-20-9-16(10-30-23(20)28)14-2-5-19-15(8-14)6-7-24(32-19)11-29-12-24/h2-5,8-10,13,29H,6-7,11-12H2,1H3,(H2,28,30)/t13-/m1/s1. The average Bonchev–Trinajstić information content (AvgIpc) is 2.76. The molecule has 0 amide bonds. The summed E-state index contributed by atoms with van der Waals surface area (Å²) in [5, 5.41) is 3.54. The summed E-state index contributed by atoms with van der Waals surface area (Å²) in [6, 6.07) is 10.6. The number of nitrogen functional groups attached to an aromatic ring is 1. The van der Waals surface area contributed by atoms with Gasteiger partial charge in [-0.15, -0.1) is 0 Å². The molecule has 1 saturated heterocycles. The molecule has 0 radical (unpaired) electrons. The summed E-state index contributed by atoms with van der Waals surface area (Å²) in [4.78, 5) is 4.30. The summed E-state index contributed by atoms with van der Waals surface area (Å²) in [7, 11) is 0. The zero-order valence-electron chi connectivity index (χ0n) is 17.4. The van der Waals surface area contributed by atoms with Gasteiger partial charge < -0.3 is 20.5 Å². The highest BCUT2D eigenvalue weighted by Crippen LogP contribution is 2.40. The van der Waals surface area contributed by atoms with Gasteiger partial charge in [-0.1, -0.05) is 29.3 Å². The molecule has 0 unspecified atom stereocenters. The molecule has 1 aromatic heterocycles. The normalized spacial score (nSPS) is 17.2. The molecule has 1 fully saturated rings. The van der Waals surface area contributed by atoms with E-state index in [0.29, 0.717) is 16.3 Å². The smallest absolute Gasteiger partial charge is 0.166 e. The number of fused-ring (bicyclic) bond motifs is 1. The second-order valence-electron chi connectivity index (χ2n) is 8.34. The van der Waals surface area contributed by atoms with E-state index in [1.54, 1.807) is 13.1 Å². The molecule has 2 aliphatic rings. The lowest BCUT2D eigenvalue weighted by molar-refractivity contribution is -0.00229. The van der Waals surface area contributed by atoms with Gasteiger partial charge in [-0.05, 0) is 61.2 Å². The van der Waals surface area contributed by atoms with Crippen molar-refractivity contribution >= 4 is 29.0 Å². The van der Waals surface area contributed by atoms with Gasteiger partial charge in [0.05, 0.1) is 5.02 Å². The molecule has 0 aliphatic carbocycles. The molecule has 0 saturated carbocycles. The van der Waals surface area contributed by atoms with Crippen LogP contribution in [0.15, 0.2) is 42.6 Å². The Labute approximate surface area is 195 Å². The minimum Gasteiger partial charge on any atom is -0.484 e. The van der Waals surface area contributed by atoms with Crippen LogP contribution >= 0.6 is 23.2 Å². The minimum absolute atomic E-state index is 0.0477. The molecular weight excluding hydrogens is 452 g/mol. The van der Waals surface area contributed by atoms with Gasteiger partial charge in [0.15, 0.2) is 11.6 Å². The van der Waals surface area contributed by atoms with E-state index in [-0.39, 0.29) is 16.4 Å². The lowest BCUT2D eigenvalue weighted by Gasteiger charge is -2.45. The van der Waals surface area contributed by atoms with E-state index in [9.17, 15) is 4.39 Å². The number of pyridine rings is 1. The maximum absolute atomic E-state index is 13.9. The number of anilines is 1. The van der Waals surface area contributed by atoms with Gasteiger partial charge in [-0.2, -0.15) is 0 Å². The summed E-state index contributed by atoms with van der Waals surface area (Å²) >= 11 is 12.4. The molecule has 2 aliphatic heterocycles. The quantitative estimate of drug-likeness (QED) is 0.483. The SMILES string of the molecule is C[C@@H](Oc1cc(-c2ccc3c(c2)CCC2(CNC2)O3)cnc1N)c1c(Cl)ccc(F)c1Cl. The van der Waals surface area contributed by atoms with Crippen molar-refractivity contribution < 1.29 is 13.9 Å². The number of benzene rings is 2. The van der Waals surface area contributed by atoms with Crippen molar-refractivity contribution in [2.45, 2.75) is 31.5 Å². The van der Waals surface area contributed by atoms with Crippen LogP contribution < -0.4 is 20.5 Å². The van der Waals surface area contributed by atoms with Crippen molar-refractivity contribution in [2.75, 3.05) is 18.8 Å². The van der Waals surface area contributed by atoms with Crippen LogP contribution in [0.3, 0.4) is 0 Å². The van der Waals surface area contributed by atoms with E-state index in [2.05, 4.69) is 16.4 Å². The van der Waals surface area contributed by atoms with Crippen LogP contribution in [0, 0.1) is 5.82 Å². The van der Waals surface area contributed by atoms with E-state index in [0.717, 1.165) is 42.8 Å². The van der Waals surface area contributed by atoms with Crippen molar-refractivity contribution in [3.8, 4) is 22.6 Å². The van der Waals surface area contributed by atoms with Crippen molar-refractivity contribution in [1.29, 1.82) is 0 Å². The second kappa shape index (κ2) is 8.10. The lowest BCUT2D eigenvalue weighted by atomic mass is 9.85. The predicted octanol–water partition coefficient (Wildman–Crippen LogP) is 5.58. The zero-order chi connectivity index (χ0) is 22.5. The number of nitrogens with one attached hydrogen (secondary N) is 1. The molecular formula is C24H22Cl2FN3O2. The Bertz CT molecular complexity index is 1200. The first kappa shape index (κ1) is 21.3. The van der Waals surface area contributed by atoms with Crippen LogP contribution in [-0.4, -0.2) is 23.7 Å². The van der Waals surface area contributed by atoms with Gasteiger partial charge in [0.25, 0.3) is 0 Å². The number of aryl methyl sites for hydroxylation is 1.